The number of nitrogens with zero attached hydrogens (tertiary/aromatic N) is 1. The second-order valence-corrected chi connectivity index (χ2v) is 5.05. The fourth-order valence-corrected chi connectivity index (χ4v) is 1.81. The first-order valence-corrected chi connectivity index (χ1v) is 6.58. The van der Waals surface area contributed by atoms with Crippen molar-refractivity contribution in [1.82, 2.24) is 4.98 Å². The first-order chi connectivity index (χ1) is 7.09. The molecule has 5 heteroatoms. The summed E-state index contributed by atoms with van der Waals surface area (Å²) in [6, 6.07) is 1.88. The van der Waals surface area contributed by atoms with E-state index in [1.54, 1.807) is 12.5 Å². The van der Waals surface area contributed by atoms with Gasteiger partial charge in [-0.15, -0.1) is 0 Å². The first-order valence-electron chi connectivity index (χ1n) is 4.85. The monoisotopic (exact) mass is 227 g/mol. The summed E-state index contributed by atoms with van der Waals surface area (Å²) in [5.41, 5.74) is 7.30. The quantitative estimate of drug-likeness (QED) is 0.741. The lowest BCUT2D eigenvalue weighted by Crippen LogP contribution is -2.08. The Balaban J connectivity index is 2.40. The van der Waals surface area contributed by atoms with E-state index in [-0.39, 0.29) is 0 Å². The standard InChI is InChI=1S/C10H17N3OS/c1-8-6-9(11)7-13-10(8)12-4-3-5-15(2)14/h6-7H,3-5,11H2,1-2H3,(H,12,13). The maximum absolute atomic E-state index is 10.8. The molecule has 0 radical (unpaired) electrons. The van der Waals surface area contributed by atoms with Gasteiger partial charge in [0.05, 0.1) is 11.9 Å². The van der Waals surface area contributed by atoms with E-state index in [9.17, 15) is 4.21 Å². The minimum absolute atomic E-state index is 0.674. The molecule has 0 amide bonds. The van der Waals surface area contributed by atoms with Gasteiger partial charge in [0.1, 0.15) is 5.82 Å². The van der Waals surface area contributed by atoms with Crippen molar-refractivity contribution in [2.75, 3.05) is 29.6 Å². The van der Waals surface area contributed by atoms with Crippen LogP contribution in [0.4, 0.5) is 11.5 Å². The van der Waals surface area contributed by atoms with Crippen LogP contribution in [0.5, 0.6) is 0 Å². The molecule has 84 valence electrons. The largest absolute Gasteiger partial charge is 0.397 e. The highest BCUT2D eigenvalue weighted by atomic mass is 32.2. The Labute approximate surface area is 92.7 Å². The Bertz CT molecular complexity index is 355. The van der Waals surface area contributed by atoms with Gasteiger partial charge in [-0.05, 0) is 25.0 Å². The molecule has 15 heavy (non-hydrogen) atoms. The highest BCUT2D eigenvalue weighted by Crippen LogP contribution is 2.13. The zero-order valence-electron chi connectivity index (χ0n) is 9.12. The number of nitrogens with two attached hydrogens (primary N) is 1. The predicted octanol–water partition coefficient (Wildman–Crippen LogP) is 1.15. The lowest BCUT2D eigenvalue weighted by Gasteiger charge is -2.08. The van der Waals surface area contributed by atoms with E-state index in [0.717, 1.165) is 30.1 Å². The molecule has 1 atom stereocenters. The lowest BCUT2D eigenvalue weighted by atomic mass is 10.2. The first kappa shape index (κ1) is 12.0. The Hall–Kier alpha value is -1.10. The van der Waals surface area contributed by atoms with E-state index in [0.29, 0.717) is 5.69 Å². The van der Waals surface area contributed by atoms with Crippen LogP contribution in [0.2, 0.25) is 0 Å². The van der Waals surface area contributed by atoms with Crippen LogP contribution in [0, 0.1) is 6.92 Å². The second-order valence-electron chi connectivity index (χ2n) is 3.49. The molecule has 0 fully saturated rings. The summed E-state index contributed by atoms with van der Waals surface area (Å²) in [6.07, 6.45) is 4.23. The van der Waals surface area contributed by atoms with Gasteiger partial charge in [0.25, 0.3) is 0 Å². The minimum atomic E-state index is -0.713. The van der Waals surface area contributed by atoms with Gasteiger partial charge in [0.2, 0.25) is 0 Å². The highest BCUT2D eigenvalue weighted by molar-refractivity contribution is 7.84. The number of aromatic nitrogens is 1. The van der Waals surface area contributed by atoms with E-state index >= 15 is 0 Å². The summed E-state index contributed by atoms with van der Waals surface area (Å²) in [4.78, 5) is 4.18. The van der Waals surface area contributed by atoms with Gasteiger partial charge in [-0.3, -0.25) is 4.21 Å². The maximum Gasteiger partial charge on any atom is 0.128 e. The number of hydrogen-bond donors (Lipinski definition) is 2. The highest BCUT2D eigenvalue weighted by Gasteiger charge is 1.99. The van der Waals surface area contributed by atoms with Crippen molar-refractivity contribution >= 4 is 22.3 Å². The molecule has 0 saturated carbocycles. The number of nitrogen functional groups attached to an aromatic ring is 1. The van der Waals surface area contributed by atoms with Crippen LogP contribution in [-0.4, -0.2) is 27.7 Å². The van der Waals surface area contributed by atoms with Crippen molar-refractivity contribution < 1.29 is 4.21 Å². The molecule has 3 N–H and O–H groups in total. The van der Waals surface area contributed by atoms with Gasteiger partial charge in [0.15, 0.2) is 0 Å². The van der Waals surface area contributed by atoms with Crippen LogP contribution in [-0.2, 0) is 10.8 Å². The number of hydrogen-bond acceptors (Lipinski definition) is 4. The zero-order valence-corrected chi connectivity index (χ0v) is 9.93. The number of aryl methyl sites for hydroxylation is 1. The molecular weight excluding hydrogens is 210 g/mol. The molecule has 0 aliphatic carbocycles. The molecule has 1 rings (SSSR count). The van der Waals surface area contributed by atoms with Crippen LogP contribution in [0.25, 0.3) is 0 Å². The van der Waals surface area contributed by atoms with E-state index in [2.05, 4.69) is 10.3 Å². The molecular formula is C10H17N3OS. The van der Waals surface area contributed by atoms with Crippen LogP contribution < -0.4 is 11.1 Å². The SMILES string of the molecule is Cc1cc(N)cnc1NCCCS(C)=O. The molecule has 0 aliphatic heterocycles. The van der Waals surface area contributed by atoms with E-state index < -0.39 is 10.8 Å². The molecule has 1 aromatic heterocycles. The lowest BCUT2D eigenvalue weighted by molar-refractivity contribution is 0.685. The van der Waals surface area contributed by atoms with Crippen LogP contribution >= 0.6 is 0 Å². The number of nitrogens with one attached hydrogen (secondary N) is 1. The van der Waals surface area contributed by atoms with Gasteiger partial charge in [0, 0.05) is 29.4 Å². The van der Waals surface area contributed by atoms with E-state index in [1.165, 1.54) is 0 Å². The van der Waals surface area contributed by atoms with Crippen molar-refractivity contribution in [1.29, 1.82) is 0 Å². The average molecular weight is 227 g/mol. The van der Waals surface area contributed by atoms with Gasteiger partial charge in [-0.2, -0.15) is 0 Å². The van der Waals surface area contributed by atoms with Crippen molar-refractivity contribution in [2.45, 2.75) is 13.3 Å². The van der Waals surface area contributed by atoms with E-state index in [4.69, 9.17) is 5.73 Å². The maximum atomic E-state index is 10.8. The molecule has 0 aliphatic rings. The fraction of sp³-hybridized carbons (Fsp3) is 0.500. The summed E-state index contributed by atoms with van der Waals surface area (Å²) in [6.45, 7) is 2.75. The topological polar surface area (TPSA) is 68.0 Å². The van der Waals surface area contributed by atoms with Crippen molar-refractivity contribution in [2.24, 2.45) is 0 Å². The molecule has 1 unspecified atom stereocenters. The minimum Gasteiger partial charge on any atom is -0.397 e. The van der Waals surface area contributed by atoms with Crippen molar-refractivity contribution in [3.8, 4) is 0 Å². The second kappa shape index (κ2) is 5.70. The van der Waals surface area contributed by atoms with Crippen molar-refractivity contribution in [3.05, 3.63) is 17.8 Å². The molecule has 0 spiro atoms. The Morgan fingerprint density at radius 2 is 2.33 bits per heavy atom. The Morgan fingerprint density at radius 1 is 1.60 bits per heavy atom. The van der Waals surface area contributed by atoms with Gasteiger partial charge in [-0.1, -0.05) is 0 Å². The summed E-state index contributed by atoms with van der Waals surface area (Å²) in [5, 5.41) is 3.19. The van der Waals surface area contributed by atoms with E-state index in [1.807, 2.05) is 13.0 Å². The summed E-state index contributed by atoms with van der Waals surface area (Å²) < 4.78 is 10.8. The third-order valence-corrected chi connectivity index (χ3v) is 2.86. The smallest absolute Gasteiger partial charge is 0.128 e. The summed E-state index contributed by atoms with van der Waals surface area (Å²) in [5.74, 6) is 1.58. The van der Waals surface area contributed by atoms with Crippen molar-refractivity contribution in [3.63, 3.8) is 0 Å². The van der Waals surface area contributed by atoms with Crippen LogP contribution in [0.1, 0.15) is 12.0 Å². The Kier molecular flexibility index (Phi) is 4.55. The third-order valence-electron chi connectivity index (χ3n) is 2.00. The fourth-order valence-electron chi connectivity index (χ4n) is 1.26. The average Bonchev–Trinajstić information content (AvgIpc) is 2.14. The number of anilines is 2. The summed E-state index contributed by atoms with van der Waals surface area (Å²) in [7, 11) is -0.713. The normalized spacial score (nSPS) is 12.4. The molecule has 0 saturated heterocycles. The van der Waals surface area contributed by atoms with Gasteiger partial charge >= 0.3 is 0 Å². The zero-order chi connectivity index (χ0) is 11.3. The van der Waals surface area contributed by atoms with Gasteiger partial charge in [-0.25, -0.2) is 4.98 Å². The Morgan fingerprint density at radius 3 is 2.93 bits per heavy atom. The summed E-state index contributed by atoms with van der Waals surface area (Å²) >= 11 is 0. The van der Waals surface area contributed by atoms with Crippen LogP contribution in [0.3, 0.4) is 0 Å². The molecule has 1 aromatic rings. The van der Waals surface area contributed by atoms with Crippen LogP contribution in [0.15, 0.2) is 12.3 Å². The number of rotatable bonds is 5. The molecule has 0 aromatic carbocycles. The predicted molar refractivity (Wildman–Crippen MR) is 65.4 cm³/mol. The molecule has 4 nitrogen and oxygen atoms in total. The number of pyridine rings is 1. The molecule has 1 heterocycles. The molecule has 0 bridgehead atoms. The third kappa shape index (κ3) is 4.29. The van der Waals surface area contributed by atoms with Gasteiger partial charge < -0.3 is 11.1 Å².